The quantitative estimate of drug-likeness (QED) is 0.425. The average molecular weight is 416 g/mol. The third kappa shape index (κ3) is 12.0. The molecular weight excluding hydrogens is 385 g/mol. The number of halogens is 3. The molecule has 0 radical (unpaired) electrons. The average Bonchev–Trinajstić information content (AvgIpc) is 2.62. The highest BCUT2D eigenvalue weighted by atomic mass is 19.4. The van der Waals surface area contributed by atoms with Gasteiger partial charge in [-0.15, -0.1) is 0 Å². The molecule has 0 aliphatic carbocycles. The van der Waals surface area contributed by atoms with Gasteiger partial charge in [-0.25, -0.2) is 4.79 Å². The lowest BCUT2D eigenvalue weighted by atomic mass is 10.1. The first kappa shape index (κ1) is 24.7. The summed E-state index contributed by atoms with van der Waals surface area (Å²) in [5, 5.41) is 5.22. The summed E-state index contributed by atoms with van der Waals surface area (Å²) >= 11 is 0. The fraction of sp³-hybridized carbons (Fsp3) is 0.600. The molecule has 0 saturated heterocycles. The maximum atomic E-state index is 12.5. The summed E-state index contributed by atoms with van der Waals surface area (Å²) in [5.74, 6) is -0.311. The van der Waals surface area contributed by atoms with Crippen molar-refractivity contribution < 1.29 is 22.8 Å². The van der Waals surface area contributed by atoms with Crippen molar-refractivity contribution in [1.29, 1.82) is 0 Å². The van der Waals surface area contributed by atoms with Crippen molar-refractivity contribution in [2.75, 3.05) is 32.0 Å². The number of benzene rings is 1. The Morgan fingerprint density at radius 1 is 0.966 bits per heavy atom. The minimum Gasteiger partial charge on any atom is -0.369 e. The molecule has 4 N–H and O–H groups in total. The van der Waals surface area contributed by atoms with Crippen LogP contribution in [0.2, 0.25) is 0 Å². The summed E-state index contributed by atoms with van der Waals surface area (Å²) in [6.07, 6.45) is 2.95. The van der Waals surface area contributed by atoms with Gasteiger partial charge in [0.05, 0.1) is 12.1 Å². The van der Waals surface area contributed by atoms with E-state index in [-0.39, 0.29) is 5.91 Å². The van der Waals surface area contributed by atoms with Gasteiger partial charge in [0.25, 0.3) is 0 Å². The molecule has 1 rings (SSSR count). The number of unbranched alkanes of at least 4 members (excludes halogenated alkanes) is 6. The van der Waals surface area contributed by atoms with Crippen LogP contribution in [0.3, 0.4) is 0 Å². The Morgan fingerprint density at radius 3 is 2.07 bits per heavy atom. The molecule has 0 atom stereocenters. The molecule has 0 aliphatic rings. The zero-order valence-electron chi connectivity index (χ0n) is 16.9. The number of hydrogen-bond acceptors (Lipinski definition) is 3. The number of anilines is 1. The number of carbonyl (C=O) groups is 2. The summed E-state index contributed by atoms with van der Waals surface area (Å²) in [4.78, 5) is 24.4. The third-order valence-corrected chi connectivity index (χ3v) is 4.40. The van der Waals surface area contributed by atoms with Crippen molar-refractivity contribution in [2.24, 2.45) is 5.73 Å². The Morgan fingerprint density at radius 2 is 1.52 bits per heavy atom. The van der Waals surface area contributed by atoms with E-state index in [4.69, 9.17) is 5.73 Å². The normalized spacial score (nSPS) is 11.5. The van der Waals surface area contributed by atoms with Crippen LogP contribution >= 0.6 is 0 Å². The molecule has 6 nitrogen and oxygen atoms in total. The van der Waals surface area contributed by atoms with Gasteiger partial charge in [0, 0.05) is 12.2 Å². The number of hydrogen-bond donors (Lipinski definition) is 3. The number of rotatable bonds is 13. The number of alkyl halides is 3. The van der Waals surface area contributed by atoms with Crippen molar-refractivity contribution >= 4 is 17.6 Å². The highest BCUT2D eigenvalue weighted by Gasteiger charge is 2.29. The summed E-state index contributed by atoms with van der Waals surface area (Å²) in [5.41, 5.74) is 4.70. The number of nitrogens with one attached hydrogen (secondary N) is 2. The van der Waals surface area contributed by atoms with Gasteiger partial charge in [-0.3, -0.25) is 9.69 Å². The zero-order valence-corrected chi connectivity index (χ0v) is 16.9. The van der Waals surface area contributed by atoms with E-state index >= 15 is 0 Å². The summed E-state index contributed by atoms with van der Waals surface area (Å²) in [6, 6.07) is 3.91. The second-order valence-corrected chi connectivity index (χ2v) is 7.13. The number of amides is 3. The molecule has 0 aromatic heterocycles. The topological polar surface area (TPSA) is 87.5 Å². The van der Waals surface area contributed by atoms with E-state index < -0.39 is 17.8 Å². The van der Waals surface area contributed by atoms with Crippen LogP contribution in [-0.2, 0) is 11.0 Å². The van der Waals surface area contributed by atoms with Gasteiger partial charge >= 0.3 is 12.2 Å². The maximum absolute atomic E-state index is 12.5. The molecule has 29 heavy (non-hydrogen) atoms. The van der Waals surface area contributed by atoms with Crippen LogP contribution in [-0.4, -0.2) is 43.5 Å². The Kier molecular flexibility index (Phi) is 11.1. The van der Waals surface area contributed by atoms with Gasteiger partial charge in [0.2, 0.25) is 5.91 Å². The standard InChI is InChI=1S/C20H31F3N4O2/c1-27(15-18(24)28)14-8-6-4-2-3-5-7-13-25-19(29)26-17-11-9-16(10-12-17)20(21,22)23/h9-12H,2-8,13-15H2,1H3,(H2,24,28)(H2,25,26,29). The van der Waals surface area contributed by atoms with Crippen molar-refractivity contribution in [1.82, 2.24) is 10.2 Å². The Labute approximate surface area is 170 Å². The van der Waals surface area contributed by atoms with E-state index in [9.17, 15) is 22.8 Å². The van der Waals surface area contributed by atoms with Gasteiger partial charge < -0.3 is 16.4 Å². The Bertz CT molecular complexity index is 621. The van der Waals surface area contributed by atoms with Crippen LogP contribution in [0.15, 0.2) is 24.3 Å². The van der Waals surface area contributed by atoms with E-state index in [1.807, 2.05) is 11.9 Å². The predicted molar refractivity (Wildman–Crippen MR) is 107 cm³/mol. The SMILES string of the molecule is CN(CCCCCCCCCNC(=O)Nc1ccc(C(F)(F)F)cc1)CC(N)=O. The predicted octanol–water partition coefficient (Wildman–Crippen LogP) is 3.97. The van der Waals surface area contributed by atoms with E-state index in [1.54, 1.807) is 0 Å². The third-order valence-electron chi connectivity index (χ3n) is 4.40. The fourth-order valence-electron chi connectivity index (χ4n) is 2.86. The van der Waals surface area contributed by atoms with Crippen molar-refractivity contribution in [2.45, 2.75) is 51.1 Å². The van der Waals surface area contributed by atoms with Crippen molar-refractivity contribution in [3.05, 3.63) is 29.8 Å². The molecule has 0 saturated carbocycles. The van der Waals surface area contributed by atoms with Gasteiger partial charge in [-0.1, -0.05) is 32.1 Å². The van der Waals surface area contributed by atoms with Crippen LogP contribution in [0.5, 0.6) is 0 Å². The fourth-order valence-corrected chi connectivity index (χ4v) is 2.86. The minimum absolute atomic E-state index is 0.291. The number of urea groups is 1. The summed E-state index contributed by atoms with van der Waals surface area (Å²) in [7, 11) is 1.88. The second kappa shape index (κ2) is 13.0. The van der Waals surface area contributed by atoms with Gasteiger partial charge in [-0.05, 0) is 50.7 Å². The molecule has 0 bridgehead atoms. The smallest absolute Gasteiger partial charge is 0.369 e. The molecule has 9 heteroatoms. The number of nitrogens with zero attached hydrogens (tertiary/aromatic N) is 1. The van der Waals surface area contributed by atoms with Crippen LogP contribution in [0.25, 0.3) is 0 Å². The van der Waals surface area contributed by atoms with Crippen LogP contribution in [0.4, 0.5) is 23.7 Å². The second-order valence-electron chi connectivity index (χ2n) is 7.13. The molecule has 3 amide bonds. The first-order valence-corrected chi connectivity index (χ1v) is 9.87. The lowest BCUT2D eigenvalue weighted by Gasteiger charge is -2.13. The van der Waals surface area contributed by atoms with E-state index in [2.05, 4.69) is 10.6 Å². The lowest BCUT2D eigenvalue weighted by molar-refractivity contribution is -0.137. The largest absolute Gasteiger partial charge is 0.416 e. The molecule has 0 fully saturated rings. The lowest BCUT2D eigenvalue weighted by Crippen LogP contribution is -2.31. The number of likely N-dealkylation sites (N-methyl/N-ethyl adjacent to an activating group) is 1. The van der Waals surface area contributed by atoms with Crippen molar-refractivity contribution in [3.8, 4) is 0 Å². The van der Waals surface area contributed by atoms with Gasteiger partial charge in [-0.2, -0.15) is 13.2 Å². The van der Waals surface area contributed by atoms with Crippen LogP contribution in [0, 0.1) is 0 Å². The highest BCUT2D eigenvalue weighted by Crippen LogP contribution is 2.29. The molecular formula is C20H31F3N4O2. The first-order chi connectivity index (χ1) is 13.7. The van der Waals surface area contributed by atoms with Crippen molar-refractivity contribution in [3.63, 3.8) is 0 Å². The number of nitrogens with two attached hydrogens (primary N) is 1. The van der Waals surface area contributed by atoms with E-state index in [0.717, 1.165) is 63.6 Å². The van der Waals surface area contributed by atoms with Gasteiger partial charge in [0.15, 0.2) is 0 Å². The molecule has 0 aliphatic heterocycles. The first-order valence-electron chi connectivity index (χ1n) is 9.87. The van der Waals surface area contributed by atoms with E-state index in [0.29, 0.717) is 18.8 Å². The Hall–Kier alpha value is -2.29. The molecule has 0 spiro atoms. The molecule has 1 aromatic rings. The molecule has 0 unspecified atom stereocenters. The number of carbonyl (C=O) groups excluding carboxylic acids is 2. The molecule has 164 valence electrons. The number of primary amides is 1. The monoisotopic (exact) mass is 416 g/mol. The van der Waals surface area contributed by atoms with Gasteiger partial charge in [0.1, 0.15) is 0 Å². The maximum Gasteiger partial charge on any atom is 0.416 e. The molecule has 1 aromatic carbocycles. The Balaban J connectivity index is 2.01. The van der Waals surface area contributed by atoms with Crippen LogP contribution < -0.4 is 16.4 Å². The summed E-state index contributed by atoms with van der Waals surface area (Å²) < 4.78 is 37.5. The van der Waals surface area contributed by atoms with Crippen LogP contribution in [0.1, 0.15) is 50.5 Å². The highest BCUT2D eigenvalue weighted by molar-refractivity contribution is 5.89. The minimum atomic E-state index is -4.39. The zero-order chi connectivity index (χ0) is 21.7. The molecule has 0 heterocycles. The summed E-state index contributed by atoms with van der Waals surface area (Å²) in [6.45, 7) is 1.67. The van der Waals surface area contributed by atoms with E-state index in [1.165, 1.54) is 12.1 Å².